The van der Waals surface area contributed by atoms with E-state index in [0.717, 1.165) is 22.2 Å². The summed E-state index contributed by atoms with van der Waals surface area (Å²) < 4.78 is 28.3. The molecular weight excluding hydrogens is 384 g/mol. The number of imidazole rings is 1. The fourth-order valence-electron chi connectivity index (χ4n) is 3.21. The quantitative estimate of drug-likeness (QED) is 0.492. The van der Waals surface area contributed by atoms with Crippen LogP contribution in [0.5, 0.6) is 0 Å². The molecule has 3 N–H and O–H groups in total. The number of para-hydroxylation sites is 2. The molecule has 0 fully saturated rings. The fraction of sp³-hybridized carbons (Fsp3) is 0.136. The van der Waals surface area contributed by atoms with Gasteiger partial charge in [0.15, 0.2) is 0 Å². The molecule has 0 saturated carbocycles. The molecule has 148 valence electrons. The molecule has 29 heavy (non-hydrogen) atoms. The predicted octanol–water partition coefficient (Wildman–Crippen LogP) is 3.41. The van der Waals surface area contributed by atoms with Crippen LogP contribution in [-0.4, -0.2) is 22.7 Å². The van der Waals surface area contributed by atoms with Crippen molar-refractivity contribution < 1.29 is 8.42 Å². The molecule has 4 aromatic rings. The third kappa shape index (κ3) is 4.22. The summed E-state index contributed by atoms with van der Waals surface area (Å²) in [7, 11) is -3.73. The van der Waals surface area contributed by atoms with E-state index in [0.29, 0.717) is 12.4 Å². The van der Waals surface area contributed by atoms with Crippen molar-refractivity contribution >= 4 is 21.1 Å². The van der Waals surface area contributed by atoms with Crippen molar-refractivity contribution in [2.45, 2.75) is 24.5 Å². The number of nitrogens with two attached hydrogens (primary N) is 1. The number of rotatable bonds is 7. The maximum atomic E-state index is 13.4. The molecular formula is C22H22N4O2S. The summed E-state index contributed by atoms with van der Waals surface area (Å²) in [6, 6.07) is 23.9. The second-order valence-corrected chi connectivity index (χ2v) is 8.75. The first-order chi connectivity index (χ1) is 14.1. The third-order valence-electron chi connectivity index (χ3n) is 4.76. The Labute approximate surface area is 170 Å². The van der Waals surface area contributed by atoms with Crippen molar-refractivity contribution in [3.8, 4) is 0 Å². The number of hydrogen-bond acceptors (Lipinski definition) is 4. The van der Waals surface area contributed by atoms with Gasteiger partial charge in [0.05, 0.1) is 22.5 Å². The van der Waals surface area contributed by atoms with Crippen molar-refractivity contribution in [3.63, 3.8) is 0 Å². The monoisotopic (exact) mass is 406 g/mol. The Morgan fingerprint density at radius 2 is 1.52 bits per heavy atom. The van der Waals surface area contributed by atoms with E-state index < -0.39 is 10.0 Å². The first-order valence-corrected chi connectivity index (χ1v) is 10.8. The molecule has 1 aromatic heterocycles. The lowest BCUT2D eigenvalue weighted by Gasteiger charge is -2.21. The Kier molecular flexibility index (Phi) is 5.44. The molecule has 3 aromatic carbocycles. The minimum absolute atomic E-state index is 0.143. The highest BCUT2D eigenvalue weighted by Gasteiger charge is 2.26. The number of benzene rings is 3. The van der Waals surface area contributed by atoms with Gasteiger partial charge in [0.25, 0.3) is 0 Å². The van der Waals surface area contributed by atoms with Crippen molar-refractivity contribution in [1.29, 1.82) is 0 Å². The number of nitrogens with one attached hydrogen (secondary N) is 1. The van der Waals surface area contributed by atoms with Crippen LogP contribution in [0.15, 0.2) is 83.8 Å². The lowest BCUT2D eigenvalue weighted by molar-refractivity contribution is 0.393. The van der Waals surface area contributed by atoms with Crippen LogP contribution >= 0.6 is 0 Å². The minimum Gasteiger partial charge on any atom is -0.341 e. The van der Waals surface area contributed by atoms with Crippen LogP contribution in [0.4, 0.5) is 0 Å². The van der Waals surface area contributed by atoms with Crippen LogP contribution in [-0.2, 0) is 29.7 Å². The Balaban J connectivity index is 1.70. The lowest BCUT2D eigenvalue weighted by atomic mass is 10.2. The molecule has 0 aliphatic heterocycles. The van der Waals surface area contributed by atoms with Gasteiger partial charge in [-0.15, -0.1) is 0 Å². The molecule has 0 unspecified atom stereocenters. The summed E-state index contributed by atoms with van der Waals surface area (Å²) in [5.74, 6) is 0.601. The number of sulfonamides is 1. The number of hydrogen-bond donors (Lipinski definition) is 2. The second-order valence-electron chi connectivity index (χ2n) is 6.81. The topological polar surface area (TPSA) is 92.1 Å². The summed E-state index contributed by atoms with van der Waals surface area (Å²) in [6.07, 6.45) is 0. The first kappa shape index (κ1) is 19.3. The molecule has 7 heteroatoms. The van der Waals surface area contributed by atoms with Gasteiger partial charge in [-0.3, -0.25) is 0 Å². The maximum Gasteiger partial charge on any atom is 0.243 e. The molecule has 6 nitrogen and oxygen atoms in total. The molecule has 0 saturated heterocycles. The Morgan fingerprint density at radius 3 is 2.21 bits per heavy atom. The Bertz CT molecular complexity index is 1170. The Morgan fingerprint density at radius 1 is 0.828 bits per heavy atom. The highest BCUT2D eigenvalue weighted by molar-refractivity contribution is 7.89. The summed E-state index contributed by atoms with van der Waals surface area (Å²) in [6.45, 7) is 0.760. The second kappa shape index (κ2) is 8.16. The predicted molar refractivity (Wildman–Crippen MR) is 113 cm³/mol. The van der Waals surface area contributed by atoms with Gasteiger partial charge in [-0.2, -0.15) is 4.31 Å². The van der Waals surface area contributed by atoms with E-state index in [4.69, 9.17) is 5.73 Å². The summed E-state index contributed by atoms with van der Waals surface area (Å²) in [4.78, 5) is 8.01. The smallest absolute Gasteiger partial charge is 0.243 e. The normalized spacial score (nSPS) is 11.9. The molecule has 0 aliphatic rings. The molecule has 1 heterocycles. The summed E-state index contributed by atoms with van der Waals surface area (Å²) >= 11 is 0. The number of fused-ring (bicyclic) bond motifs is 1. The number of nitrogens with zero attached hydrogens (tertiary/aromatic N) is 2. The van der Waals surface area contributed by atoms with E-state index in [1.165, 1.54) is 4.31 Å². The van der Waals surface area contributed by atoms with Gasteiger partial charge in [-0.05, 0) is 35.4 Å². The van der Waals surface area contributed by atoms with Crippen molar-refractivity contribution in [3.05, 3.63) is 95.8 Å². The largest absolute Gasteiger partial charge is 0.341 e. The van der Waals surface area contributed by atoms with Gasteiger partial charge < -0.3 is 10.7 Å². The molecule has 0 radical (unpaired) electrons. The van der Waals surface area contributed by atoms with Crippen LogP contribution < -0.4 is 5.73 Å². The van der Waals surface area contributed by atoms with E-state index in [1.807, 2.05) is 54.6 Å². The van der Waals surface area contributed by atoms with Crippen molar-refractivity contribution in [1.82, 2.24) is 14.3 Å². The van der Waals surface area contributed by atoms with Crippen molar-refractivity contribution in [2.75, 3.05) is 0 Å². The van der Waals surface area contributed by atoms with Crippen LogP contribution in [0, 0.1) is 0 Å². The maximum absolute atomic E-state index is 13.4. The van der Waals surface area contributed by atoms with Gasteiger partial charge in [-0.25, -0.2) is 13.4 Å². The van der Waals surface area contributed by atoms with Crippen LogP contribution in [0.25, 0.3) is 11.0 Å². The van der Waals surface area contributed by atoms with Gasteiger partial charge in [0.1, 0.15) is 5.82 Å². The number of aromatic amines is 1. The van der Waals surface area contributed by atoms with Crippen LogP contribution in [0.3, 0.4) is 0 Å². The highest BCUT2D eigenvalue weighted by atomic mass is 32.2. The zero-order valence-electron chi connectivity index (χ0n) is 15.8. The van der Waals surface area contributed by atoms with Crippen molar-refractivity contribution in [2.24, 2.45) is 5.73 Å². The zero-order valence-corrected chi connectivity index (χ0v) is 16.6. The van der Waals surface area contributed by atoms with E-state index in [-0.39, 0.29) is 18.0 Å². The van der Waals surface area contributed by atoms with Crippen LogP contribution in [0.1, 0.15) is 17.0 Å². The van der Waals surface area contributed by atoms with Gasteiger partial charge in [0.2, 0.25) is 10.0 Å². The van der Waals surface area contributed by atoms with E-state index in [2.05, 4.69) is 9.97 Å². The minimum atomic E-state index is -3.73. The standard InChI is InChI=1S/C22H22N4O2S/c23-14-17-10-12-19(13-11-17)29(27,28)26(15-18-6-2-1-3-7-18)16-22-24-20-8-4-5-9-21(20)25-22/h1-13H,14-16,23H2,(H,24,25). The van der Waals surface area contributed by atoms with Gasteiger partial charge in [-0.1, -0.05) is 54.6 Å². The fourth-order valence-corrected chi connectivity index (χ4v) is 4.60. The summed E-state index contributed by atoms with van der Waals surface area (Å²) in [5, 5.41) is 0. The third-order valence-corrected chi connectivity index (χ3v) is 6.57. The van der Waals surface area contributed by atoms with E-state index in [1.54, 1.807) is 24.3 Å². The SMILES string of the molecule is NCc1ccc(S(=O)(=O)N(Cc2ccccc2)Cc2nc3ccccc3[nH]2)cc1. The average Bonchev–Trinajstić information content (AvgIpc) is 3.16. The first-order valence-electron chi connectivity index (χ1n) is 9.33. The molecule has 0 bridgehead atoms. The molecule has 0 aliphatic carbocycles. The lowest BCUT2D eigenvalue weighted by Crippen LogP contribution is -2.30. The summed E-state index contributed by atoms with van der Waals surface area (Å²) in [5.41, 5.74) is 9.12. The zero-order chi connectivity index (χ0) is 20.3. The Hall–Kier alpha value is -3.00. The average molecular weight is 407 g/mol. The molecule has 4 rings (SSSR count). The number of aromatic nitrogens is 2. The van der Waals surface area contributed by atoms with Crippen LogP contribution in [0.2, 0.25) is 0 Å². The molecule has 0 amide bonds. The number of H-pyrrole nitrogens is 1. The van der Waals surface area contributed by atoms with E-state index >= 15 is 0 Å². The van der Waals surface area contributed by atoms with Gasteiger partial charge >= 0.3 is 0 Å². The van der Waals surface area contributed by atoms with E-state index in [9.17, 15) is 8.42 Å². The van der Waals surface area contributed by atoms with Gasteiger partial charge in [0, 0.05) is 13.1 Å². The molecule has 0 spiro atoms. The highest BCUT2D eigenvalue weighted by Crippen LogP contribution is 2.22. The molecule has 0 atom stereocenters.